The summed E-state index contributed by atoms with van der Waals surface area (Å²) in [5.74, 6) is -0.0123. The molecule has 0 radical (unpaired) electrons. The fraction of sp³-hybridized carbons (Fsp3) is 0.455. The number of aromatic nitrogens is 1. The number of carbonyl (C=O) groups excluding carboxylic acids is 1. The van der Waals surface area contributed by atoms with E-state index in [4.69, 9.17) is 5.73 Å². The van der Waals surface area contributed by atoms with E-state index in [1.54, 1.807) is 24.3 Å². The van der Waals surface area contributed by atoms with Crippen molar-refractivity contribution in [1.82, 2.24) is 4.98 Å². The molecule has 0 spiro atoms. The number of rotatable bonds is 2. The van der Waals surface area contributed by atoms with E-state index in [9.17, 15) is 4.79 Å². The number of amides is 1. The third kappa shape index (κ3) is 1.72. The van der Waals surface area contributed by atoms with Crippen LogP contribution in [0.2, 0.25) is 0 Å². The quantitative estimate of drug-likeness (QED) is 0.781. The summed E-state index contributed by atoms with van der Waals surface area (Å²) < 4.78 is 0. The van der Waals surface area contributed by atoms with Gasteiger partial charge in [0.2, 0.25) is 5.91 Å². The number of hydrogen-bond acceptors (Lipinski definition) is 3. The number of nitrogens with two attached hydrogens (primary N) is 1. The van der Waals surface area contributed by atoms with Crippen LogP contribution in [0, 0.1) is 0 Å². The molecular weight excluding hydrogens is 190 g/mol. The molecule has 2 N–H and O–H groups in total. The third-order valence-corrected chi connectivity index (χ3v) is 3.01. The van der Waals surface area contributed by atoms with Gasteiger partial charge >= 0.3 is 0 Å². The van der Waals surface area contributed by atoms with Gasteiger partial charge < -0.3 is 10.6 Å². The minimum Gasteiger partial charge on any atom is -0.317 e. The summed E-state index contributed by atoms with van der Waals surface area (Å²) in [7, 11) is 1.74. The average Bonchev–Trinajstić information content (AvgIpc) is 2.25. The molecule has 4 heteroatoms. The lowest BCUT2D eigenvalue weighted by molar-refractivity contribution is -0.126. The summed E-state index contributed by atoms with van der Waals surface area (Å²) in [6, 6.07) is 3.66. The zero-order chi connectivity index (χ0) is 10.9. The molecule has 80 valence electrons. The predicted octanol–water partition coefficient (Wildman–Crippen LogP) is 0.926. The Labute approximate surface area is 89.1 Å². The molecule has 0 aromatic carbocycles. The maximum atomic E-state index is 12.0. The van der Waals surface area contributed by atoms with Gasteiger partial charge in [0, 0.05) is 13.2 Å². The van der Waals surface area contributed by atoms with Crippen LogP contribution in [0.25, 0.3) is 0 Å². The van der Waals surface area contributed by atoms with E-state index in [2.05, 4.69) is 4.98 Å². The highest BCUT2D eigenvalue weighted by Crippen LogP contribution is 2.31. The van der Waals surface area contributed by atoms with Crippen LogP contribution in [0.5, 0.6) is 0 Å². The Morgan fingerprint density at radius 3 is 2.80 bits per heavy atom. The topological polar surface area (TPSA) is 59.2 Å². The smallest absolute Gasteiger partial charge is 0.246 e. The summed E-state index contributed by atoms with van der Waals surface area (Å²) in [5, 5.41) is 0. The second kappa shape index (κ2) is 3.62. The van der Waals surface area contributed by atoms with Crippen molar-refractivity contribution >= 4 is 11.6 Å². The molecule has 1 amide bonds. The van der Waals surface area contributed by atoms with E-state index >= 15 is 0 Å². The largest absolute Gasteiger partial charge is 0.317 e. The highest BCUT2D eigenvalue weighted by molar-refractivity contribution is 6.00. The monoisotopic (exact) mass is 205 g/mol. The summed E-state index contributed by atoms with van der Waals surface area (Å²) in [4.78, 5) is 17.6. The van der Waals surface area contributed by atoms with Crippen molar-refractivity contribution in [2.45, 2.75) is 24.8 Å². The third-order valence-electron chi connectivity index (χ3n) is 3.01. The molecule has 0 saturated heterocycles. The number of carbonyl (C=O) groups is 1. The van der Waals surface area contributed by atoms with Crippen LogP contribution in [-0.2, 0) is 4.79 Å². The van der Waals surface area contributed by atoms with Crippen molar-refractivity contribution in [3.05, 3.63) is 24.5 Å². The van der Waals surface area contributed by atoms with Crippen molar-refractivity contribution in [1.29, 1.82) is 0 Å². The molecule has 1 aromatic heterocycles. The summed E-state index contributed by atoms with van der Waals surface area (Å²) in [6.07, 6.45) is 5.97. The Kier molecular flexibility index (Phi) is 2.44. The lowest BCUT2D eigenvalue weighted by Crippen LogP contribution is -2.59. The zero-order valence-corrected chi connectivity index (χ0v) is 8.81. The van der Waals surface area contributed by atoms with Gasteiger partial charge in [0.05, 0.1) is 17.4 Å². The standard InChI is InChI=1S/C11H15N3O/c1-14(9-4-2-7-13-8-9)10(15)11(12)5-3-6-11/h2,4,7-8H,3,5-6,12H2,1H3. The fourth-order valence-electron chi connectivity index (χ4n) is 1.77. The highest BCUT2D eigenvalue weighted by Gasteiger charge is 2.42. The SMILES string of the molecule is CN(C(=O)C1(N)CCC1)c1cccnc1. The number of hydrogen-bond donors (Lipinski definition) is 1. The van der Waals surface area contributed by atoms with Gasteiger partial charge in [-0.1, -0.05) is 0 Å². The number of anilines is 1. The van der Waals surface area contributed by atoms with Gasteiger partial charge in [-0.3, -0.25) is 9.78 Å². The van der Waals surface area contributed by atoms with Crippen molar-refractivity contribution in [3.63, 3.8) is 0 Å². The first-order chi connectivity index (χ1) is 7.13. The fourth-order valence-corrected chi connectivity index (χ4v) is 1.77. The molecule has 1 aliphatic rings. The number of pyridine rings is 1. The van der Waals surface area contributed by atoms with E-state index in [1.165, 1.54) is 0 Å². The van der Waals surface area contributed by atoms with Crippen LogP contribution >= 0.6 is 0 Å². The van der Waals surface area contributed by atoms with Crippen LogP contribution in [0.3, 0.4) is 0 Å². The highest BCUT2D eigenvalue weighted by atomic mass is 16.2. The van der Waals surface area contributed by atoms with Gasteiger partial charge in [0.15, 0.2) is 0 Å². The Balaban J connectivity index is 2.15. The van der Waals surface area contributed by atoms with Gasteiger partial charge in [-0.25, -0.2) is 0 Å². The van der Waals surface area contributed by atoms with E-state index in [0.29, 0.717) is 0 Å². The molecule has 1 heterocycles. The molecule has 1 aliphatic carbocycles. The van der Waals surface area contributed by atoms with Crippen LogP contribution < -0.4 is 10.6 Å². The van der Waals surface area contributed by atoms with Crippen molar-refractivity contribution < 1.29 is 4.79 Å². The van der Waals surface area contributed by atoms with Crippen LogP contribution in [0.4, 0.5) is 5.69 Å². The lowest BCUT2D eigenvalue weighted by Gasteiger charge is -2.39. The van der Waals surface area contributed by atoms with Gasteiger partial charge in [-0.15, -0.1) is 0 Å². The van der Waals surface area contributed by atoms with Crippen LogP contribution in [-0.4, -0.2) is 23.5 Å². The second-order valence-corrected chi connectivity index (χ2v) is 4.09. The Bertz CT molecular complexity index is 359. The van der Waals surface area contributed by atoms with Crippen molar-refractivity contribution in [2.75, 3.05) is 11.9 Å². The zero-order valence-electron chi connectivity index (χ0n) is 8.81. The molecular formula is C11H15N3O. The maximum absolute atomic E-state index is 12.0. The lowest BCUT2D eigenvalue weighted by atomic mass is 9.76. The van der Waals surface area contributed by atoms with Crippen LogP contribution in [0.1, 0.15) is 19.3 Å². The average molecular weight is 205 g/mol. The Morgan fingerprint density at radius 2 is 2.33 bits per heavy atom. The number of nitrogens with zero attached hydrogens (tertiary/aromatic N) is 2. The number of likely N-dealkylation sites (N-methyl/N-ethyl adjacent to an activating group) is 1. The van der Waals surface area contributed by atoms with Gasteiger partial charge in [0.1, 0.15) is 0 Å². The molecule has 0 aliphatic heterocycles. The van der Waals surface area contributed by atoms with Crippen molar-refractivity contribution in [2.24, 2.45) is 5.73 Å². The molecule has 15 heavy (non-hydrogen) atoms. The Hall–Kier alpha value is -1.42. The molecule has 0 atom stereocenters. The first-order valence-corrected chi connectivity index (χ1v) is 5.10. The predicted molar refractivity (Wildman–Crippen MR) is 58.4 cm³/mol. The van der Waals surface area contributed by atoms with Gasteiger partial charge in [-0.2, -0.15) is 0 Å². The molecule has 0 bridgehead atoms. The molecule has 4 nitrogen and oxygen atoms in total. The summed E-state index contributed by atoms with van der Waals surface area (Å²) >= 11 is 0. The summed E-state index contributed by atoms with van der Waals surface area (Å²) in [6.45, 7) is 0. The van der Waals surface area contributed by atoms with Crippen molar-refractivity contribution in [3.8, 4) is 0 Å². The maximum Gasteiger partial charge on any atom is 0.246 e. The van der Waals surface area contributed by atoms with Gasteiger partial charge in [-0.05, 0) is 31.4 Å². The normalized spacial score (nSPS) is 18.0. The molecule has 1 aromatic rings. The van der Waals surface area contributed by atoms with E-state index in [-0.39, 0.29) is 5.91 Å². The molecule has 2 rings (SSSR count). The molecule has 0 unspecified atom stereocenters. The first-order valence-electron chi connectivity index (χ1n) is 5.10. The van der Waals surface area contributed by atoms with Crippen LogP contribution in [0.15, 0.2) is 24.5 Å². The second-order valence-electron chi connectivity index (χ2n) is 4.09. The molecule has 1 fully saturated rings. The Morgan fingerprint density at radius 1 is 1.60 bits per heavy atom. The van der Waals surface area contributed by atoms with Gasteiger partial charge in [0.25, 0.3) is 0 Å². The summed E-state index contributed by atoms with van der Waals surface area (Å²) in [5.41, 5.74) is 6.13. The van der Waals surface area contributed by atoms with E-state index in [1.807, 2.05) is 12.1 Å². The van der Waals surface area contributed by atoms with E-state index < -0.39 is 5.54 Å². The first kappa shape index (κ1) is 10.1. The minimum absolute atomic E-state index is 0.0123. The minimum atomic E-state index is -0.634. The molecule has 1 saturated carbocycles. The van der Waals surface area contributed by atoms with E-state index in [0.717, 1.165) is 24.9 Å².